The van der Waals surface area contributed by atoms with Crippen LogP contribution in [0.15, 0.2) is 36.5 Å². The van der Waals surface area contributed by atoms with Gasteiger partial charge in [0, 0.05) is 38.8 Å². The summed E-state index contributed by atoms with van der Waals surface area (Å²) in [5.74, 6) is -0.0206. The summed E-state index contributed by atoms with van der Waals surface area (Å²) in [4.78, 5) is 29.4. The third-order valence-electron chi connectivity index (χ3n) is 8.14. The molecular formula is C38H63N5O4. The largest absolute Gasteiger partial charge is 0.462 e. The topological polar surface area (TPSA) is 96.9 Å². The van der Waals surface area contributed by atoms with Gasteiger partial charge in [0.25, 0.3) is 0 Å². The lowest BCUT2D eigenvalue weighted by Gasteiger charge is -2.33. The molecule has 3 rings (SSSR count). The van der Waals surface area contributed by atoms with Gasteiger partial charge in [-0.15, -0.1) is 5.10 Å². The Balaban J connectivity index is 0.000000350. The maximum absolute atomic E-state index is 12.4. The minimum atomic E-state index is -0.444. The fraction of sp³-hybridized carbons (Fsp3) is 0.684. The van der Waals surface area contributed by atoms with E-state index in [2.05, 4.69) is 73.0 Å². The van der Waals surface area contributed by atoms with Crippen LogP contribution in [0, 0.1) is 5.41 Å². The second-order valence-electron chi connectivity index (χ2n) is 13.9. The summed E-state index contributed by atoms with van der Waals surface area (Å²) in [6.45, 7) is 17.0. The number of benzene rings is 1. The van der Waals surface area contributed by atoms with Crippen LogP contribution in [0.25, 0.3) is 0 Å². The second kappa shape index (κ2) is 23.2. The van der Waals surface area contributed by atoms with E-state index in [1.807, 2.05) is 6.20 Å². The van der Waals surface area contributed by atoms with E-state index in [4.69, 9.17) is 9.47 Å². The first-order valence-electron chi connectivity index (χ1n) is 18.1. The maximum atomic E-state index is 12.4. The molecule has 1 N–H and O–H groups in total. The zero-order valence-corrected chi connectivity index (χ0v) is 30.3. The van der Waals surface area contributed by atoms with Crippen molar-refractivity contribution in [2.24, 2.45) is 5.41 Å². The zero-order chi connectivity index (χ0) is 34.3. The number of ether oxygens (including phenoxy) is 2. The molecular weight excluding hydrogens is 590 g/mol. The van der Waals surface area contributed by atoms with Gasteiger partial charge in [-0.25, -0.2) is 9.59 Å². The predicted molar refractivity (Wildman–Crippen MR) is 193 cm³/mol. The van der Waals surface area contributed by atoms with E-state index < -0.39 is 11.9 Å². The number of carbonyl (C=O) groups excluding carboxylic acids is 2. The number of piperazine rings is 1. The Bertz CT molecular complexity index is 1100. The van der Waals surface area contributed by atoms with Gasteiger partial charge in [0.05, 0.1) is 36.2 Å². The average molecular weight is 654 g/mol. The van der Waals surface area contributed by atoms with Crippen LogP contribution >= 0.6 is 0 Å². The number of rotatable bonds is 19. The van der Waals surface area contributed by atoms with Crippen molar-refractivity contribution in [3.05, 3.63) is 47.7 Å². The van der Waals surface area contributed by atoms with Crippen molar-refractivity contribution >= 4 is 23.4 Å². The fourth-order valence-corrected chi connectivity index (χ4v) is 5.13. The predicted octanol–water partition coefficient (Wildman–Crippen LogP) is 8.41. The summed E-state index contributed by atoms with van der Waals surface area (Å²) in [5, 5.41) is 11.6. The molecule has 0 aliphatic carbocycles. The summed E-state index contributed by atoms with van der Waals surface area (Å²) >= 11 is 0. The minimum absolute atomic E-state index is 0.242. The molecule has 1 aromatic heterocycles. The molecule has 0 bridgehead atoms. The third kappa shape index (κ3) is 17.5. The number of nitrogens with zero attached hydrogens (tertiary/aromatic N) is 4. The SMILES string of the molecule is CCCCCCCCOC(=O)c1ccccc1C(=O)OCCCCCCCC.CN1CCN(c2cnnc(NCC(C)(C)C)c2)CC1. The summed E-state index contributed by atoms with van der Waals surface area (Å²) in [7, 11) is 2.17. The average Bonchev–Trinajstić information content (AvgIpc) is 3.07. The smallest absolute Gasteiger partial charge is 0.339 e. The fourth-order valence-electron chi connectivity index (χ4n) is 5.13. The maximum Gasteiger partial charge on any atom is 0.339 e. The van der Waals surface area contributed by atoms with Gasteiger partial charge in [0.1, 0.15) is 0 Å². The molecule has 264 valence electrons. The molecule has 9 nitrogen and oxygen atoms in total. The molecule has 0 unspecified atom stereocenters. The van der Waals surface area contributed by atoms with Gasteiger partial charge in [-0.05, 0) is 37.4 Å². The van der Waals surface area contributed by atoms with Crippen molar-refractivity contribution in [2.75, 3.05) is 63.2 Å². The first-order chi connectivity index (χ1) is 22.6. The molecule has 2 heterocycles. The Morgan fingerprint density at radius 1 is 0.766 bits per heavy atom. The molecule has 0 saturated carbocycles. The zero-order valence-electron chi connectivity index (χ0n) is 30.3. The third-order valence-corrected chi connectivity index (χ3v) is 8.14. The van der Waals surface area contributed by atoms with Crippen LogP contribution in [0.2, 0.25) is 0 Å². The molecule has 47 heavy (non-hydrogen) atoms. The molecule has 0 amide bonds. The lowest BCUT2D eigenvalue weighted by atomic mass is 9.97. The van der Waals surface area contributed by atoms with E-state index >= 15 is 0 Å². The normalized spacial score (nSPS) is 13.4. The number of hydrogen-bond acceptors (Lipinski definition) is 9. The minimum Gasteiger partial charge on any atom is -0.462 e. The molecule has 2 aromatic rings. The van der Waals surface area contributed by atoms with Crippen LogP contribution in [0.3, 0.4) is 0 Å². The molecule has 0 radical (unpaired) electrons. The molecule has 0 spiro atoms. The number of anilines is 2. The molecule has 9 heteroatoms. The van der Waals surface area contributed by atoms with Gasteiger partial charge in [0.2, 0.25) is 0 Å². The number of aromatic nitrogens is 2. The summed E-state index contributed by atoms with van der Waals surface area (Å²) in [6, 6.07) is 8.84. The standard InChI is InChI=1S/C24H38O4.C14H25N5/c1-3-5-7-9-11-15-19-27-23(25)21-17-13-14-18-22(21)24(26)28-20-16-12-10-8-6-4-2;1-14(2,3)11-15-13-9-12(10-16-17-13)19-7-5-18(4)6-8-19/h13-14,17-18H,3-12,15-16,19-20H2,1-2H3;9-10H,5-8,11H2,1-4H3,(H,15,17). The van der Waals surface area contributed by atoms with Crippen LogP contribution in [0.5, 0.6) is 0 Å². The van der Waals surface area contributed by atoms with Crippen molar-refractivity contribution in [1.82, 2.24) is 15.1 Å². The number of esters is 2. The Labute approximate surface area is 285 Å². The highest BCUT2D eigenvalue weighted by Gasteiger charge is 2.19. The Morgan fingerprint density at radius 3 is 1.74 bits per heavy atom. The number of carbonyl (C=O) groups is 2. The van der Waals surface area contributed by atoms with Crippen LogP contribution < -0.4 is 10.2 Å². The monoisotopic (exact) mass is 653 g/mol. The summed E-state index contributed by atoms with van der Waals surface area (Å²) in [5.41, 5.74) is 1.99. The number of unbranched alkanes of at least 4 members (excludes halogenated alkanes) is 10. The van der Waals surface area contributed by atoms with Crippen LogP contribution in [-0.2, 0) is 9.47 Å². The Kier molecular flexibility index (Phi) is 19.7. The van der Waals surface area contributed by atoms with Gasteiger partial charge in [-0.2, -0.15) is 5.10 Å². The molecule has 0 atom stereocenters. The number of hydrogen-bond donors (Lipinski definition) is 1. The lowest BCUT2D eigenvalue weighted by molar-refractivity contribution is 0.0450. The lowest BCUT2D eigenvalue weighted by Crippen LogP contribution is -2.44. The highest BCUT2D eigenvalue weighted by atomic mass is 16.5. The highest BCUT2D eigenvalue weighted by molar-refractivity contribution is 6.03. The van der Waals surface area contributed by atoms with E-state index in [1.54, 1.807) is 24.3 Å². The molecule has 1 aromatic carbocycles. The Hall–Kier alpha value is -3.20. The molecule has 1 fully saturated rings. The summed E-state index contributed by atoms with van der Waals surface area (Å²) < 4.78 is 10.7. The van der Waals surface area contributed by atoms with Crippen molar-refractivity contribution in [3.8, 4) is 0 Å². The van der Waals surface area contributed by atoms with Crippen molar-refractivity contribution < 1.29 is 19.1 Å². The van der Waals surface area contributed by atoms with Crippen LogP contribution in [0.4, 0.5) is 11.5 Å². The van der Waals surface area contributed by atoms with Crippen molar-refractivity contribution in [1.29, 1.82) is 0 Å². The quantitative estimate of drug-likeness (QED) is 0.118. The van der Waals surface area contributed by atoms with Gasteiger partial charge in [-0.1, -0.05) is 111 Å². The van der Waals surface area contributed by atoms with Crippen molar-refractivity contribution in [2.45, 2.75) is 112 Å². The van der Waals surface area contributed by atoms with E-state index in [9.17, 15) is 9.59 Å². The van der Waals surface area contributed by atoms with Crippen LogP contribution in [0.1, 0.15) is 132 Å². The first kappa shape index (κ1) is 40.0. The highest BCUT2D eigenvalue weighted by Crippen LogP contribution is 2.20. The van der Waals surface area contributed by atoms with Gasteiger partial charge in [-0.3, -0.25) is 0 Å². The van der Waals surface area contributed by atoms with Crippen molar-refractivity contribution in [3.63, 3.8) is 0 Å². The van der Waals surface area contributed by atoms with E-state index in [0.717, 1.165) is 64.2 Å². The number of nitrogens with one attached hydrogen (secondary N) is 1. The first-order valence-corrected chi connectivity index (χ1v) is 18.1. The van der Waals surface area contributed by atoms with E-state index in [-0.39, 0.29) is 5.41 Å². The van der Waals surface area contributed by atoms with Gasteiger partial charge < -0.3 is 24.6 Å². The van der Waals surface area contributed by atoms with Gasteiger partial charge in [0.15, 0.2) is 5.82 Å². The molecule has 1 saturated heterocycles. The molecule has 1 aliphatic heterocycles. The second-order valence-corrected chi connectivity index (χ2v) is 13.9. The van der Waals surface area contributed by atoms with Crippen LogP contribution in [-0.4, -0.2) is 80.0 Å². The number of likely N-dealkylation sites (N-methyl/N-ethyl adjacent to an activating group) is 1. The van der Waals surface area contributed by atoms with E-state index in [1.165, 1.54) is 57.1 Å². The van der Waals surface area contributed by atoms with Gasteiger partial charge >= 0.3 is 11.9 Å². The summed E-state index contributed by atoms with van der Waals surface area (Å²) in [6.07, 6.45) is 15.5. The van der Waals surface area contributed by atoms with E-state index in [0.29, 0.717) is 24.3 Å². The molecule has 1 aliphatic rings. The Morgan fingerprint density at radius 2 is 1.26 bits per heavy atom.